The second kappa shape index (κ2) is 10.3. The summed E-state index contributed by atoms with van der Waals surface area (Å²) in [6, 6.07) is 14.4. The number of nitrogens with two attached hydrogens (primary N) is 2. The minimum atomic E-state index is -0.750. The number of phenols is 1. The van der Waals surface area contributed by atoms with Crippen molar-refractivity contribution in [2.75, 3.05) is 13.2 Å². The molecule has 1 unspecified atom stereocenters. The van der Waals surface area contributed by atoms with Crippen molar-refractivity contribution in [2.45, 2.75) is 24.9 Å². The van der Waals surface area contributed by atoms with Crippen molar-refractivity contribution >= 4 is 11.9 Å². The van der Waals surface area contributed by atoms with Crippen molar-refractivity contribution in [1.82, 2.24) is 5.32 Å². The molecule has 0 aromatic heterocycles. The first kappa shape index (κ1) is 20.4. The molecule has 0 saturated carbocycles. The van der Waals surface area contributed by atoms with E-state index in [9.17, 15) is 14.7 Å². The molecule has 0 radical (unpaired) electrons. The van der Waals surface area contributed by atoms with Crippen LogP contribution in [0.25, 0.3) is 0 Å². The number of rotatable bonds is 9. The van der Waals surface area contributed by atoms with Crippen LogP contribution >= 0.6 is 0 Å². The van der Waals surface area contributed by atoms with E-state index in [1.54, 1.807) is 12.1 Å². The van der Waals surface area contributed by atoms with Crippen LogP contribution in [0, 0.1) is 0 Å². The zero-order chi connectivity index (χ0) is 19.6. The Balaban J connectivity index is 1.65. The molecule has 2 atom stereocenters. The van der Waals surface area contributed by atoms with Crippen molar-refractivity contribution < 1.29 is 19.4 Å². The topological polar surface area (TPSA) is 128 Å². The van der Waals surface area contributed by atoms with E-state index in [1.807, 2.05) is 30.3 Å². The summed E-state index contributed by atoms with van der Waals surface area (Å²) in [5.41, 5.74) is 13.5. The normalized spacial score (nSPS) is 12.8. The molecule has 7 nitrogen and oxygen atoms in total. The quantitative estimate of drug-likeness (QED) is 0.375. The van der Waals surface area contributed by atoms with E-state index < -0.39 is 18.1 Å². The van der Waals surface area contributed by atoms with Gasteiger partial charge in [0.15, 0.2) is 0 Å². The highest BCUT2D eigenvalue weighted by Crippen LogP contribution is 2.10. The first-order chi connectivity index (χ1) is 13.0. The summed E-state index contributed by atoms with van der Waals surface area (Å²) in [5.74, 6) is -0.696. The Morgan fingerprint density at radius 3 is 2.19 bits per heavy atom. The van der Waals surface area contributed by atoms with Crippen molar-refractivity contribution in [1.29, 1.82) is 0 Å². The van der Waals surface area contributed by atoms with Gasteiger partial charge in [-0.15, -0.1) is 0 Å². The first-order valence-electron chi connectivity index (χ1n) is 8.73. The van der Waals surface area contributed by atoms with E-state index in [4.69, 9.17) is 16.2 Å². The molecule has 2 rings (SSSR count). The fraction of sp³-hybridized carbons (Fsp3) is 0.300. The van der Waals surface area contributed by atoms with Gasteiger partial charge in [0.05, 0.1) is 12.6 Å². The lowest BCUT2D eigenvalue weighted by Crippen LogP contribution is -2.43. The maximum absolute atomic E-state index is 12.0. The second-order valence-electron chi connectivity index (χ2n) is 6.23. The van der Waals surface area contributed by atoms with Crippen LogP contribution in [0.3, 0.4) is 0 Å². The highest BCUT2D eigenvalue weighted by Gasteiger charge is 2.17. The SMILES string of the molecule is NC(Cc1ccc(O)cc1)C(=O)NCCOC(=O)[C@@H](N)Cc1ccccc1. The molecule has 1 amide bonds. The number of phenolic OH excluding ortho intramolecular Hbond substituents is 1. The van der Waals surface area contributed by atoms with E-state index in [-0.39, 0.29) is 24.8 Å². The van der Waals surface area contributed by atoms with E-state index in [0.29, 0.717) is 12.8 Å². The van der Waals surface area contributed by atoms with Crippen molar-refractivity contribution in [3.63, 3.8) is 0 Å². The molecular weight excluding hydrogens is 346 g/mol. The van der Waals surface area contributed by atoms with Gasteiger partial charge in [-0.2, -0.15) is 0 Å². The van der Waals surface area contributed by atoms with Crippen LogP contribution in [-0.4, -0.2) is 42.2 Å². The minimum Gasteiger partial charge on any atom is -0.508 e. The Morgan fingerprint density at radius 1 is 0.926 bits per heavy atom. The summed E-state index contributed by atoms with van der Waals surface area (Å²) >= 11 is 0. The molecule has 0 heterocycles. The van der Waals surface area contributed by atoms with Crippen LogP contribution in [-0.2, 0) is 27.2 Å². The summed E-state index contributed by atoms with van der Waals surface area (Å²) in [5, 5.41) is 11.9. The van der Waals surface area contributed by atoms with Gasteiger partial charge >= 0.3 is 5.97 Å². The standard InChI is InChI=1S/C20H25N3O4/c21-17(12-15-6-8-16(24)9-7-15)19(25)23-10-11-27-20(26)18(22)13-14-4-2-1-3-5-14/h1-9,17-18,24H,10-13,21-22H2,(H,23,25)/t17?,18-/m0/s1. The fourth-order valence-corrected chi connectivity index (χ4v) is 2.49. The highest BCUT2D eigenvalue weighted by molar-refractivity contribution is 5.81. The minimum absolute atomic E-state index is 0.0268. The lowest BCUT2D eigenvalue weighted by Gasteiger charge is -2.14. The third-order valence-corrected chi connectivity index (χ3v) is 3.98. The lowest BCUT2D eigenvalue weighted by atomic mass is 10.1. The molecule has 0 aliphatic heterocycles. The third-order valence-electron chi connectivity index (χ3n) is 3.98. The van der Waals surface area contributed by atoms with Crippen LogP contribution in [0.2, 0.25) is 0 Å². The molecule has 0 fully saturated rings. The summed E-state index contributed by atoms with van der Waals surface area (Å²) in [6.07, 6.45) is 0.734. The molecule has 0 saturated heterocycles. The van der Waals surface area contributed by atoms with E-state index in [2.05, 4.69) is 5.32 Å². The van der Waals surface area contributed by atoms with Gasteiger partial charge in [-0.3, -0.25) is 9.59 Å². The molecule has 7 heteroatoms. The van der Waals surface area contributed by atoms with E-state index in [1.165, 1.54) is 12.1 Å². The first-order valence-corrected chi connectivity index (χ1v) is 8.73. The largest absolute Gasteiger partial charge is 0.508 e. The summed E-state index contributed by atoms with van der Waals surface area (Å²) in [4.78, 5) is 23.9. The molecule has 0 spiro atoms. The average Bonchev–Trinajstić information content (AvgIpc) is 2.67. The van der Waals surface area contributed by atoms with Gasteiger partial charge in [0, 0.05) is 0 Å². The number of carbonyl (C=O) groups excluding carboxylic acids is 2. The van der Waals surface area contributed by atoms with Gasteiger partial charge < -0.3 is 26.6 Å². The van der Waals surface area contributed by atoms with Crippen LogP contribution < -0.4 is 16.8 Å². The zero-order valence-electron chi connectivity index (χ0n) is 15.0. The maximum Gasteiger partial charge on any atom is 0.323 e. The van der Waals surface area contributed by atoms with Crippen LogP contribution in [0.4, 0.5) is 0 Å². The Hall–Kier alpha value is -2.90. The molecule has 2 aromatic carbocycles. The predicted molar refractivity (Wildman–Crippen MR) is 102 cm³/mol. The number of benzene rings is 2. The molecule has 6 N–H and O–H groups in total. The smallest absolute Gasteiger partial charge is 0.323 e. The third kappa shape index (κ3) is 7.08. The number of nitrogens with one attached hydrogen (secondary N) is 1. The molecule has 0 bridgehead atoms. The number of amides is 1. The Labute approximate surface area is 158 Å². The number of carbonyl (C=O) groups is 2. The number of esters is 1. The predicted octanol–water partition coefficient (Wildman–Crippen LogP) is 0.491. The van der Waals surface area contributed by atoms with Crippen LogP contribution in [0.5, 0.6) is 5.75 Å². The van der Waals surface area contributed by atoms with Crippen LogP contribution in [0.15, 0.2) is 54.6 Å². The Bertz CT molecular complexity index is 735. The molecule has 0 aliphatic rings. The molecule has 0 aliphatic carbocycles. The Kier molecular flexibility index (Phi) is 7.79. The van der Waals surface area contributed by atoms with Gasteiger partial charge in [-0.05, 0) is 36.1 Å². The fourth-order valence-electron chi connectivity index (χ4n) is 2.49. The monoisotopic (exact) mass is 371 g/mol. The van der Waals surface area contributed by atoms with Crippen molar-refractivity contribution in [3.8, 4) is 5.75 Å². The van der Waals surface area contributed by atoms with E-state index in [0.717, 1.165) is 11.1 Å². The number of hydrogen-bond acceptors (Lipinski definition) is 6. The number of aromatic hydroxyl groups is 1. The van der Waals surface area contributed by atoms with Gasteiger partial charge in [-0.25, -0.2) is 0 Å². The number of ether oxygens (including phenoxy) is 1. The molecular formula is C20H25N3O4. The maximum atomic E-state index is 12.0. The second-order valence-corrected chi connectivity index (χ2v) is 6.23. The van der Waals surface area contributed by atoms with Crippen molar-refractivity contribution in [2.24, 2.45) is 11.5 Å². The van der Waals surface area contributed by atoms with Gasteiger partial charge in [-0.1, -0.05) is 42.5 Å². The molecule has 144 valence electrons. The average molecular weight is 371 g/mol. The number of hydrogen-bond donors (Lipinski definition) is 4. The molecule has 2 aromatic rings. The summed E-state index contributed by atoms with van der Waals surface area (Å²) < 4.78 is 5.09. The van der Waals surface area contributed by atoms with Crippen LogP contribution in [0.1, 0.15) is 11.1 Å². The summed E-state index contributed by atoms with van der Waals surface area (Å²) in [7, 11) is 0. The molecule has 27 heavy (non-hydrogen) atoms. The lowest BCUT2D eigenvalue weighted by molar-refractivity contribution is -0.145. The Morgan fingerprint density at radius 2 is 1.52 bits per heavy atom. The van der Waals surface area contributed by atoms with Gasteiger partial charge in [0.25, 0.3) is 0 Å². The highest BCUT2D eigenvalue weighted by atomic mass is 16.5. The van der Waals surface area contributed by atoms with Crippen molar-refractivity contribution in [3.05, 3.63) is 65.7 Å². The van der Waals surface area contributed by atoms with Gasteiger partial charge in [0.2, 0.25) is 5.91 Å². The summed E-state index contributed by atoms with van der Waals surface area (Å²) in [6.45, 7) is 0.185. The zero-order valence-corrected chi connectivity index (χ0v) is 15.0. The van der Waals surface area contributed by atoms with E-state index >= 15 is 0 Å². The van der Waals surface area contributed by atoms with Gasteiger partial charge in [0.1, 0.15) is 18.4 Å².